The van der Waals surface area contributed by atoms with Gasteiger partial charge in [0.2, 0.25) is 5.90 Å². The standard InChI is InChI=1S/C23H19F2NO2/c1-15-5-11-18(12-6-15)27-13-16-7-9-17(10-8-16)21-14-28-23(26-21)22-19(24)3-2-4-20(22)25/h2-12,21H,13-14H2,1H3. The van der Waals surface area contributed by atoms with Crippen molar-refractivity contribution in [3.63, 3.8) is 0 Å². The summed E-state index contributed by atoms with van der Waals surface area (Å²) in [5, 5.41) is 0. The molecule has 1 unspecified atom stereocenters. The van der Waals surface area contributed by atoms with Crippen molar-refractivity contribution >= 4 is 5.90 Å². The SMILES string of the molecule is Cc1ccc(OCc2ccc(C3COC(c4c(F)cccc4F)=N3)cc2)cc1. The number of rotatable bonds is 5. The molecule has 3 aromatic rings. The van der Waals surface area contributed by atoms with Gasteiger partial charge in [0.25, 0.3) is 0 Å². The summed E-state index contributed by atoms with van der Waals surface area (Å²) in [7, 11) is 0. The van der Waals surface area contributed by atoms with Crippen LogP contribution in [0.15, 0.2) is 71.7 Å². The van der Waals surface area contributed by atoms with Gasteiger partial charge in [0, 0.05) is 0 Å². The molecule has 0 radical (unpaired) electrons. The highest BCUT2D eigenvalue weighted by Crippen LogP contribution is 2.27. The number of hydrogen-bond donors (Lipinski definition) is 0. The number of aliphatic imine (C=N–C) groups is 1. The van der Waals surface area contributed by atoms with E-state index in [1.807, 2.05) is 55.5 Å². The third kappa shape index (κ3) is 3.88. The van der Waals surface area contributed by atoms with Gasteiger partial charge in [-0.05, 0) is 42.3 Å². The van der Waals surface area contributed by atoms with Crippen molar-refractivity contribution in [3.8, 4) is 5.75 Å². The molecule has 0 amide bonds. The van der Waals surface area contributed by atoms with Crippen LogP contribution in [-0.4, -0.2) is 12.5 Å². The number of ether oxygens (including phenoxy) is 2. The van der Waals surface area contributed by atoms with E-state index in [0.29, 0.717) is 6.61 Å². The average molecular weight is 379 g/mol. The van der Waals surface area contributed by atoms with Gasteiger partial charge in [0.1, 0.15) is 42.2 Å². The second kappa shape index (κ2) is 7.80. The fourth-order valence-electron chi connectivity index (χ4n) is 3.02. The van der Waals surface area contributed by atoms with Crippen LogP contribution in [0.1, 0.15) is 28.3 Å². The lowest BCUT2D eigenvalue weighted by Crippen LogP contribution is -2.07. The molecule has 0 saturated carbocycles. The summed E-state index contributed by atoms with van der Waals surface area (Å²) in [6, 6.07) is 19.1. The van der Waals surface area contributed by atoms with E-state index in [0.717, 1.165) is 16.9 Å². The van der Waals surface area contributed by atoms with Gasteiger partial charge in [-0.1, -0.05) is 48.0 Å². The fraction of sp³-hybridized carbons (Fsp3) is 0.174. The minimum atomic E-state index is -0.678. The second-order valence-corrected chi connectivity index (χ2v) is 6.70. The highest BCUT2D eigenvalue weighted by molar-refractivity contribution is 5.95. The molecule has 3 aromatic carbocycles. The largest absolute Gasteiger partial charge is 0.489 e. The van der Waals surface area contributed by atoms with E-state index in [1.165, 1.54) is 23.8 Å². The lowest BCUT2D eigenvalue weighted by molar-refractivity contribution is 0.306. The summed E-state index contributed by atoms with van der Waals surface area (Å²) < 4.78 is 39.1. The first-order valence-corrected chi connectivity index (χ1v) is 9.03. The summed E-state index contributed by atoms with van der Waals surface area (Å²) in [5.41, 5.74) is 2.91. The zero-order valence-corrected chi connectivity index (χ0v) is 15.4. The average Bonchev–Trinajstić information content (AvgIpc) is 3.17. The number of nitrogens with zero attached hydrogens (tertiary/aromatic N) is 1. The minimum absolute atomic E-state index is 0.00683. The van der Waals surface area contributed by atoms with E-state index >= 15 is 0 Å². The van der Waals surface area contributed by atoms with Crippen molar-refractivity contribution in [3.05, 3.63) is 101 Å². The molecular weight excluding hydrogens is 360 g/mol. The molecule has 1 aliphatic heterocycles. The number of hydrogen-bond acceptors (Lipinski definition) is 3. The van der Waals surface area contributed by atoms with E-state index in [-0.39, 0.29) is 24.1 Å². The van der Waals surface area contributed by atoms with Gasteiger partial charge in [-0.2, -0.15) is 0 Å². The molecular formula is C23H19F2NO2. The van der Waals surface area contributed by atoms with Crippen LogP contribution >= 0.6 is 0 Å². The first kappa shape index (κ1) is 18.2. The molecule has 0 N–H and O–H groups in total. The van der Waals surface area contributed by atoms with Crippen LogP contribution in [0.3, 0.4) is 0 Å². The van der Waals surface area contributed by atoms with Gasteiger partial charge < -0.3 is 9.47 Å². The Bertz CT molecular complexity index is 978. The quantitative estimate of drug-likeness (QED) is 0.597. The van der Waals surface area contributed by atoms with Gasteiger partial charge in [0.05, 0.1) is 0 Å². The van der Waals surface area contributed by atoms with Crippen molar-refractivity contribution in [2.45, 2.75) is 19.6 Å². The summed E-state index contributed by atoms with van der Waals surface area (Å²) >= 11 is 0. The zero-order valence-electron chi connectivity index (χ0n) is 15.4. The molecule has 0 saturated heterocycles. The fourth-order valence-corrected chi connectivity index (χ4v) is 3.02. The highest BCUT2D eigenvalue weighted by atomic mass is 19.1. The van der Waals surface area contributed by atoms with Crippen LogP contribution < -0.4 is 4.74 Å². The summed E-state index contributed by atoms with van der Waals surface area (Å²) in [6.45, 7) is 2.74. The van der Waals surface area contributed by atoms with Gasteiger partial charge in [-0.15, -0.1) is 0 Å². The Labute approximate surface area is 162 Å². The molecule has 0 aliphatic carbocycles. The smallest absolute Gasteiger partial charge is 0.222 e. The maximum Gasteiger partial charge on any atom is 0.222 e. The molecule has 5 heteroatoms. The third-order valence-corrected chi connectivity index (χ3v) is 4.62. The monoisotopic (exact) mass is 379 g/mol. The molecule has 0 aromatic heterocycles. The van der Waals surface area contributed by atoms with Crippen LogP contribution in [0.2, 0.25) is 0 Å². The Morgan fingerprint density at radius 2 is 1.64 bits per heavy atom. The van der Waals surface area contributed by atoms with Crippen molar-refractivity contribution in [2.24, 2.45) is 4.99 Å². The summed E-state index contributed by atoms with van der Waals surface area (Å²) in [6.07, 6.45) is 0. The lowest BCUT2D eigenvalue weighted by Gasteiger charge is -2.09. The normalized spacial score (nSPS) is 15.8. The number of aryl methyl sites for hydroxylation is 1. The first-order valence-electron chi connectivity index (χ1n) is 9.03. The van der Waals surface area contributed by atoms with Crippen molar-refractivity contribution in [1.82, 2.24) is 0 Å². The molecule has 1 atom stereocenters. The van der Waals surface area contributed by atoms with Crippen LogP contribution in [0, 0.1) is 18.6 Å². The molecule has 0 bridgehead atoms. The topological polar surface area (TPSA) is 30.8 Å². The van der Waals surface area contributed by atoms with Crippen molar-refractivity contribution in [2.75, 3.05) is 6.61 Å². The van der Waals surface area contributed by atoms with Gasteiger partial charge >= 0.3 is 0 Å². The Morgan fingerprint density at radius 1 is 0.964 bits per heavy atom. The van der Waals surface area contributed by atoms with E-state index in [2.05, 4.69) is 4.99 Å². The van der Waals surface area contributed by atoms with Crippen molar-refractivity contribution < 1.29 is 18.3 Å². The molecule has 3 nitrogen and oxygen atoms in total. The minimum Gasteiger partial charge on any atom is -0.489 e. The Morgan fingerprint density at radius 3 is 2.32 bits per heavy atom. The van der Waals surface area contributed by atoms with E-state index in [1.54, 1.807) is 0 Å². The third-order valence-electron chi connectivity index (χ3n) is 4.62. The molecule has 142 valence electrons. The maximum atomic E-state index is 13.9. The summed E-state index contributed by atoms with van der Waals surface area (Å²) in [5.74, 6) is -0.529. The second-order valence-electron chi connectivity index (χ2n) is 6.70. The number of halogens is 2. The maximum absolute atomic E-state index is 13.9. The Kier molecular flexibility index (Phi) is 5.06. The molecule has 0 fully saturated rings. The highest BCUT2D eigenvalue weighted by Gasteiger charge is 2.26. The number of benzene rings is 3. The zero-order chi connectivity index (χ0) is 19.5. The van der Waals surface area contributed by atoms with Crippen LogP contribution in [0.25, 0.3) is 0 Å². The predicted octanol–water partition coefficient (Wildman–Crippen LogP) is 5.37. The van der Waals surface area contributed by atoms with E-state index < -0.39 is 11.6 Å². The predicted molar refractivity (Wildman–Crippen MR) is 104 cm³/mol. The van der Waals surface area contributed by atoms with E-state index in [4.69, 9.17) is 9.47 Å². The van der Waals surface area contributed by atoms with E-state index in [9.17, 15) is 8.78 Å². The van der Waals surface area contributed by atoms with Crippen LogP contribution in [0.4, 0.5) is 8.78 Å². The van der Waals surface area contributed by atoms with Gasteiger partial charge in [-0.25, -0.2) is 13.8 Å². The summed E-state index contributed by atoms with van der Waals surface area (Å²) in [4.78, 5) is 4.36. The van der Waals surface area contributed by atoms with Crippen molar-refractivity contribution in [1.29, 1.82) is 0 Å². The van der Waals surface area contributed by atoms with Gasteiger partial charge in [0.15, 0.2) is 0 Å². The Hall–Kier alpha value is -3.21. The first-order chi connectivity index (χ1) is 13.6. The van der Waals surface area contributed by atoms with Gasteiger partial charge in [-0.3, -0.25) is 0 Å². The molecule has 1 aliphatic rings. The molecule has 1 heterocycles. The van der Waals surface area contributed by atoms with Crippen LogP contribution in [-0.2, 0) is 11.3 Å². The molecule has 0 spiro atoms. The molecule has 28 heavy (non-hydrogen) atoms. The Balaban J connectivity index is 1.44. The lowest BCUT2D eigenvalue weighted by atomic mass is 10.1. The van der Waals surface area contributed by atoms with Crippen LogP contribution in [0.5, 0.6) is 5.75 Å². The molecule has 4 rings (SSSR count).